The minimum Gasteiger partial charge on any atom is -0.505 e. The topological polar surface area (TPSA) is 95.6 Å². The number of halogens is 1. The predicted molar refractivity (Wildman–Crippen MR) is 105 cm³/mol. The fourth-order valence-corrected chi connectivity index (χ4v) is 2.71. The second-order valence-electron chi connectivity index (χ2n) is 7.12. The van der Waals surface area contributed by atoms with Crippen molar-refractivity contribution in [3.05, 3.63) is 66.0 Å². The van der Waals surface area contributed by atoms with Crippen molar-refractivity contribution in [1.29, 1.82) is 0 Å². The summed E-state index contributed by atoms with van der Waals surface area (Å²) in [6.45, 7) is 3.72. The smallest absolute Gasteiger partial charge is 0.248 e. The van der Waals surface area contributed by atoms with Crippen molar-refractivity contribution < 1.29 is 19.4 Å². The van der Waals surface area contributed by atoms with Crippen molar-refractivity contribution in [2.45, 2.75) is 32.8 Å². The molecule has 5 N–H and O–H groups in total. The Morgan fingerprint density at radius 2 is 2.00 bits per heavy atom. The predicted octanol–water partition coefficient (Wildman–Crippen LogP) is 4.15. The van der Waals surface area contributed by atoms with Crippen LogP contribution in [0.2, 0.25) is 0 Å². The van der Waals surface area contributed by atoms with Gasteiger partial charge in [-0.1, -0.05) is 38.1 Å². The third-order valence-electron chi connectivity index (χ3n) is 4.47. The monoisotopic (exact) mass is 372 g/mol. The number of phenols is 1. The number of benzene rings is 2. The number of rotatable bonds is 7. The molecule has 0 saturated carbocycles. The van der Waals surface area contributed by atoms with Crippen molar-refractivity contribution in [3.63, 3.8) is 0 Å². The van der Waals surface area contributed by atoms with E-state index >= 15 is 0 Å². The summed E-state index contributed by atoms with van der Waals surface area (Å²) in [7, 11) is 0. The van der Waals surface area contributed by atoms with E-state index in [9.17, 15) is 19.4 Å². The fourth-order valence-electron chi connectivity index (χ4n) is 2.71. The Morgan fingerprint density at radius 1 is 1.30 bits per heavy atom. The van der Waals surface area contributed by atoms with Gasteiger partial charge in [0, 0.05) is 0 Å². The first kappa shape index (κ1) is 20.5. The largest absolute Gasteiger partial charge is 0.505 e. The SMILES string of the molecule is CC(C)(CC/C=C/C(=O)Nc1ccccc1N)[C@@H](O)c1ccc(O)c(F)c1. The van der Waals surface area contributed by atoms with E-state index in [0.717, 1.165) is 6.07 Å². The number of nitrogens with one attached hydrogen (secondary N) is 1. The molecule has 0 aliphatic rings. The highest BCUT2D eigenvalue weighted by molar-refractivity contribution is 6.01. The molecule has 1 amide bonds. The Bertz CT molecular complexity index is 834. The van der Waals surface area contributed by atoms with E-state index in [2.05, 4.69) is 5.32 Å². The molecule has 6 heteroatoms. The molecule has 27 heavy (non-hydrogen) atoms. The molecule has 0 unspecified atom stereocenters. The minimum atomic E-state index is -0.904. The number of carbonyl (C=O) groups excluding carboxylic acids is 1. The van der Waals surface area contributed by atoms with Crippen LogP contribution in [0.3, 0.4) is 0 Å². The summed E-state index contributed by atoms with van der Waals surface area (Å²) in [5, 5.41) is 22.5. The third-order valence-corrected chi connectivity index (χ3v) is 4.47. The van der Waals surface area contributed by atoms with Crippen LogP contribution in [0.25, 0.3) is 0 Å². The minimum absolute atomic E-state index is 0.285. The normalized spacial score (nSPS) is 12.9. The van der Waals surface area contributed by atoms with Gasteiger partial charge >= 0.3 is 0 Å². The van der Waals surface area contributed by atoms with Gasteiger partial charge in [-0.05, 0) is 54.2 Å². The number of nitrogen functional groups attached to an aromatic ring is 1. The van der Waals surface area contributed by atoms with Gasteiger partial charge < -0.3 is 21.3 Å². The molecule has 0 spiro atoms. The number of hydrogen-bond acceptors (Lipinski definition) is 4. The van der Waals surface area contributed by atoms with Crippen molar-refractivity contribution in [2.24, 2.45) is 5.41 Å². The van der Waals surface area contributed by atoms with Crippen molar-refractivity contribution in [1.82, 2.24) is 0 Å². The zero-order valence-corrected chi connectivity index (χ0v) is 15.4. The fraction of sp³-hybridized carbons (Fsp3) is 0.286. The lowest BCUT2D eigenvalue weighted by atomic mass is 9.79. The van der Waals surface area contributed by atoms with Crippen LogP contribution in [0.1, 0.15) is 38.4 Å². The molecular formula is C21H25FN2O3. The number of allylic oxidation sites excluding steroid dienone is 1. The summed E-state index contributed by atoms with van der Waals surface area (Å²) < 4.78 is 13.5. The second-order valence-corrected chi connectivity index (χ2v) is 7.12. The molecule has 2 aromatic rings. The third kappa shape index (κ3) is 5.56. The number of hydrogen-bond donors (Lipinski definition) is 4. The van der Waals surface area contributed by atoms with Gasteiger partial charge in [-0.3, -0.25) is 4.79 Å². The zero-order chi connectivity index (χ0) is 20.0. The molecule has 0 radical (unpaired) electrons. The summed E-state index contributed by atoms with van der Waals surface area (Å²) >= 11 is 0. The van der Waals surface area contributed by atoms with Crippen LogP contribution in [0.5, 0.6) is 5.75 Å². The standard InChI is InChI=1S/C21H25FN2O3/c1-21(2,20(27)14-10-11-18(25)15(22)13-14)12-6-5-9-19(26)24-17-8-4-3-7-16(17)23/h3-5,7-11,13,20,25,27H,6,12,23H2,1-2H3,(H,24,26)/b9-5+/t20-/m0/s1. The summed E-state index contributed by atoms with van der Waals surface area (Å²) in [6.07, 6.45) is 3.38. The lowest BCUT2D eigenvalue weighted by molar-refractivity contribution is -0.111. The number of aliphatic hydroxyl groups is 1. The van der Waals surface area contributed by atoms with Crippen LogP contribution >= 0.6 is 0 Å². The number of para-hydroxylation sites is 2. The number of anilines is 2. The van der Waals surface area contributed by atoms with Crippen molar-refractivity contribution in [2.75, 3.05) is 11.1 Å². The Labute approximate surface area is 158 Å². The molecule has 0 fully saturated rings. The zero-order valence-electron chi connectivity index (χ0n) is 15.4. The molecule has 0 heterocycles. The Balaban J connectivity index is 1.90. The van der Waals surface area contributed by atoms with Crippen LogP contribution in [-0.4, -0.2) is 16.1 Å². The lowest BCUT2D eigenvalue weighted by Crippen LogP contribution is -2.22. The van der Waals surface area contributed by atoms with Gasteiger partial charge in [0.2, 0.25) is 5.91 Å². The Morgan fingerprint density at radius 3 is 2.67 bits per heavy atom. The second kappa shape index (κ2) is 8.68. The van der Waals surface area contributed by atoms with E-state index in [1.165, 1.54) is 18.2 Å². The Hall–Kier alpha value is -2.86. The maximum absolute atomic E-state index is 13.5. The maximum Gasteiger partial charge on any atom is 0.248 e. The summed E-state index contributed by atoms with van der Waals surface area (Å²) in [5.41, 5.74) is 6.68. The average molecular weight is 372 g/mol. The first-order chi connectivity index (χ1) is 12.7. The molecule has 2 aromatic carbocycles. The molecule has 0 saturated heterocycles. The summed E-state index contributed by atoms with van der Waals surface area (Å²) in [4.78, 5) is 11.9. The highest BCUT2D eigenvalue weighted by Crippen LogP contribution is 2.38. The van der Waals surface area contributed by atoms with Crippen LogP contribution in [-0.2, 0) is 4.79 Å². The quantitative estimate of drug-likeness (QED) is 0.434. The van der Waals surface area contributed by atoms with Gasteiger partial charge in [-0.25, -0.2) is 4.39 Å². The van der Waals surface area contributed by atoms with Gasteiger partial charge in [0.25, 0.3) is 0 Å². The van der Waals surface area contributed by atoms with Crippen LogP contribution in [0.15, 0.2) is 54.6 Å². The number of carbonyl (C=O) groups is 1. The van der Waals surface area contributed by atoms with Crippen LogP contribution < -0.4 is 11.1 Å². The first-order valence-electron chi connectivity index (χ1n) is 8.69. The maximum atomic E-state index is 13.5. The molecular weight excluding hydrogens is 347 g/mol. The van der Waals surface area contributed by atoms with Gasteiger partial charge in [-0.2, -0.15) is 0 Å². The molecule has 1 atom stereocenters. The lowest BCUT2D eigenvalue weighted by Gasteiger charge is -2.30. The van der Waals surface area contributed by atoms with Crippen LogP contribution in [0, 0.1) is 11.2 Å². The average Bonchev–Trinajstić information content (AvgIpc) is 2.62. The van der Waals surface area contributed by atoms with Gasteiger partial charge in [0.15, 0.2) is 11.6 Å². The molecule has 5 nitrogen and oxygen atoms in total. The molecule has 0 aliphatic carbocycles. The first-order valence-corrected chi connectivity index (χ1v) is 8.69. The van der Waals surface area contributed by atoms with E-state index in [1.54, 1.807) is 30.3 Å². The molecule has 0 bridgehead atoms. The van der Waals surface area contributed by atoms with Crippen molar-refractivity contribution in [3.8, 4) is 5.75 Å². The number of phenolic OH excluding ortho intramolecular Hbond substituents is 1. The number of nitrogens with two attached hydrogens (primary N) is 1. The molecule has 144 valence electrons. The molecule has 0 aromatic heterocycles. The van der Waals surface area contributed by atoms with E-state index in [-0.39, 0.29) is 5.91 Å². The number of amides is 1. The summed E-state index contributed by atoms with van der Waals surface area (Å²) in [5.74, 6) is -1.50. The summed E-state index contributed by atoms with van der Waals surface area (Å²) in [6, 6.07) is 10.9. The highest BCUT2D eigenvalue weighted by atomic mass is 19.1. The van der Waals surface area contributed by atoms with Gasteiger partial charge in [0.1, 0.15) is 0 Å². The molecule has 2 rings (SSSR count). The van der Waals surface area contributed by atoms with Gasteiger partial charge in [-0.15, -0.1) is 0 Å². The van der Waals surface area contributed by atoms with E-state index in [1.807, 2.05) is 13.8 Å². The van der Waals surface area contributed by atoms with Gasteiger partial charge in [0.05, 0.1) is 17.5 Å². The Kier molecular flexibility index (Phi) is 6.58. The van der Waals surface area contributed by atoms with E-state index < -0.39 is 23.1 Å². The highest BCUT2D eigenvalue weighted by Gasteiger charge is 2.29. The van der Waals surface area contributed by atoms with E-state index in [4.69, 9.17) is 5.73 Å². The van der Waals surface area contributed by atoms with Crippen LogP contribution in [0.4, 0.5) is 15.8 Å². The molecule has 0 aliphatic heterocycles. The number of aliphatic hydroxyl groups excluding tert-OH is 1. The van der Waals surface area contributed by atoms with E-state index in [0.29, 0.717) is 29.8 Å². The van der Waals surface area contributed by atoms with Crippen molar-refractivity contribution >= 4 is 17.3 Å². The number of aromatic hydroxyl groups is 1.